The summed E-state index contributed by atoms with van der Waals surface area (Å²) in [5.74, 6) is -2.34. The van der Waals surface area contributed by atoms with Crippen LogP contribution in [0.4, 0.5) is 23.2 Å². The minimum absolute atomic E-state index is 0.0616. The van der Waals surface area contributed by atoms with Crippen molar-refractivity contribution in [3.8, 4) is 0 Å². The third-order valence-corrected chi connectivity index (χ3v) is 8.74. The van der Waals surface area contributed by atoms with Crippen LogP contribution in [0.25, 0.3) is 0 Å². The van der Waals surface area contributed by atoms with Crippen molar-refractivity contribution in [2.24, 2.45) is 10.8 Å². The quantitative estimate of drug-likeness (QED) is 0.385. The number of anilines is 1. The fourth-order valence-corrected chi connectivity index (χ4v) is 6.75. The molecule has 2 fully saturated rings. The molecule has 3 atom stereocenters. The Morgan fingerprint density at radius 3 is 2.56 bits per heavy atom. The molecule has 14 heteroatoms. The molecular weight excluding hydrogens is 548 g/mol. The minimum Gasteiger partial charge on any atom is -0.396 e. The van der Waals surface area contributed by atoms with Gasteiger partial charge in [-0.2, -0.15) is 22.7 Å². The number of aliphatic hydroxyl groups is 1. The van der Waals surface area contributed by atoms with Crippen molar-refractivity contribution in [1.29, 1.82) is 0 Å². The van der Waals surface area contributed by atoms with Crippen molar-refractivity contribution in [3.63, 3.8) is 0 Å². The van der Waals surface area contributed by atoms with Crippen LogP contribution in [0, 0.1) is 23.7 Å². The first-order chi connectivity index (χ1) is 19.4. The van der Waals surface area contributed by atoms with E-state index in [1.54, 1.807) is 13.0 Å². The lowest BCUT2D eigenvalue weighted by Crippen LogP contribution is -2.52. The van der Waals surface area contributed by atoms with Crippen molar-refractivity contribution in [3.05, 3.63) is 64.6 Å². The Bertz CT molecular complexity index is 1500. The molecule has 0 saturated carbocycles. The highest BCUT2D eigenvalue weighted by molar-refractivity contribution is 5.95. The summed E-state index contributed by atoms with van der Waals surface area (Å²) in [7, 11) is 0. The molecule has 3 N–H and O–H groups in total. The Balaban J connectivity index is 1.33. The summed E-state index contributed by atoms with van der Waals surface area (Å²) in [6.07, 6.45) is -2.02. The summed E-state index contributed by atoms with van der Waals surface area (Å²) in [6, 6.07) is 6.58. The summed E-state index contributed by atoms with van der Waals surface area (Å²) in [4.78, 5) is 29.0. The van der Waals surface area contributed by atoms with Gasteiger partial charge in [-0.1, -0.05) is 11.2 Å². The highest BCUT2D eigenvalue weighted by Crippen LogP contribution is 2.61. The van der Waals surface area contributed by atoms with E-state index < -0.39 is 67.1 Å². The fourth-order valence-electron chi connectivity index (χ4n) is 6.75. The third kappa shape index (κ3) is 4.40. The number of carbonyl (C=O) groups is 2. The number of aryl methyl sites for hydroxylation is 3. The zero-order chi connectivity index (χ0) is 29.2. The molecule has 2 aliphatic heterocycles. The van der Waals surface area contributed by atoms with Gasteiger partial charge in [0.15, 0.2) is 17.5 Å². The molecule has 10 nitrogen and oxygen atoms in total. The first-order valence-electron chi connectivity index (χ1n) is 13.2. The molecule has 3 aromatic rings. The Hall–Kier alpha value is -3.78. The second kappa shape index (κ2) is 9.65. The molecule has 0 radical (unpaired) electrons. The summed E-state index contributed by atoms with van der Waals surface area (Å²) < 4.78 is 63.9. The molecule has 1 aromatic carbocycles. The summed E-state index contributed by atoms with van der Waals surface area (Å²) in [5.41, 5.74) is -1.54. The minimum atomic E-state index is -4.87. The average Bonchev–Trinajstić information content (AvgIpc) is 3.72. The van der Waals surface area contributed by atoms with E-state index in [1.807, 2.05) is 17.2 Å². The van der Waals surface area contributed by atoms with Gasteiger partial charge in [0.1, 0.15) is 5.41 Å². The van der Waals surface area contributed by atoms with E-state index in [-0.39, 0.29) is 18.0 Å². The monoisotopic (exact) mass is 576 g/mol. The van der Waals surface area contributed by atoms with Crippen LogP contribution < -0.4 is 5.32 Å². The largest absolute Gasteiger partial charge is 0.398 e. The molecule has 0 bridgehead atoms. The normalized spacial score (nSPS) is 24.9. The number of benzene rings is 1. The fraction of sp³-hybridized carbons (Fsp3) is 0.481. The molecule has 4 heterocycles. The second-order valence-electron chi connectivity index (χ2n) is 11.3. The first-order valence-corrected chi connectivity index (χ1v) is 13.2. The number of aliphatic hydroxyl groups excluding tert-OH is 1. The van der Waals surface area contributed by atoms with Gasteiger partial charge in [0, 0.05) is 49.4 Å². The molecule has 41 heavy (non-hydrogen) atoms. The number of alkyl halides is 3. The zero-order valence-corrected chi connectivity index (χ0v) is 22.1. The number of halogens is 4. The number of likely N-dealkylation sites (tertiary alicyclic amines) is 2. The van der Waals surface area contributed by atoms with Crippen molar-refractivity contribution >= 4 is 17.5 Å². The highest BCUT2D eigenvalue weighted by atomic mass is 19.4. The lowest BCUT2D eigenvalue weighted by molar-refractivity contribution is -0.242. The molecule has 3 unspecified atom stereocenters. The molecule has 1 aliphatic carbocycles. The lowest BCUT2D eigenvalue weighted by atomic mass is 9.68. The number of nitrogens with zero attached hydrogens (tertiary/aromatic N) is 4. The van der Waals surface area contributed by atoms with Crippen LogP contribution in [0.3, 0.4) is 0 Å². The summed E-state index contributed by atoms with van der Waals surface area (Å²) >= 11 is 0. The summed E-state index contributed by atoms with van der Waals surface area (Å²) in [6.45, 7) is -1.61. The van der Waals surface area contributed by atoms with Crippen LogP contribution in [0.2, 0.25) is 0 Å². The van der Waals surface area contributed by atoms with Crippen LogP contribution in [-0.4, -0.2) is 81.0 Å². The van der Waals surface area contributed by atoms with Gasteiger partial charge in [-0.05, 0) is 49.4 Å². The van der Waals surface area contributed by atoms with E-state index >= 15 is 13.2 Å². The molecule has 6 rings (SSSR count). The molecule has 218 valence electrons. The Morgan fingerprint density at radius 1 is 1.15 bits per heavy atom. The Morgan fingerprint density at radius 2 is 1.93 bits per heavy atom. The van der Waals surface area contributed by atoms with E-state index in [9.17, 15) is 19.1 Å². The van der Waals surface area contributed by atoms with E-state index in [0.717, 1.165) is 35.8 Å². The van der Waals surface area contributed by atoms with Crippen LogP contribution in [-0.2, 0) is 17.6 Å². The maximum absolute atomic E-state index is 15.0. The van der Waals surface area contributed by atoms with Gasteiger partial charge < -0.3 is 19.8 Å². The zero-order valence-electron chi connectivity index (χ0n) is 22.1. The number of nitrogens with one attached hydrogen (secondary N) is 2. The highest BCUT2D eigenvalue weighted by Gasteiger charge is 2.75. The van der Waals surface area contributed by atoms with Gasteiger partial charge in [-0.15, -0.1) is 0 Å². The second-order valence-corrected chi connectivity index (χ2v) is 11.3. The van der Waals surface area contributed by atoms with Crippen LogP contribution in [0.5, 0.6) is 0 Å². The lowest BCUT2D eigenvalue weighted by Gasteiger charge is -2.38. The third-order valence-electron chi connectivity index (χ3n) is 8.74. The van der Waals surface area contributed by atoms with Gasteiger partial charge in [0.05, 0.1) is 12.3 Å². The molecule has 3 aliphatic rings. The van der Waals surface area contributed by atoms with Gasteiger partial charge in [0.25, 0.3) is 5.91 Å². The van der Waals surface area contributed by atoms with Crippen molar-refractivity contribution in [1.82, 2.24) is 25.2 Å². The average molecular weight is 577 g/mol. The van der Waals surface area contributed by atoms with Gasteiger partial charge in [-0.25, -0.2) is 0 Å². The first kappa shape index (κ1) is 27.4. The van der Waals surface area contributed by atoms with E-state index in [4.69, 9.17) is 4.52 Å². The number of hydrogen-bond donors (Lipinski definition) is 3. The molecule has 2 amide bonds. The predicted molar refractivity (Wildman–Crippen MR) is 135 cm³/mol. The topological polar surface area (TPSA) is 128 Å². The van der Waals surface area contributed by atoms with E-state index in [2.05, 4.69) is 15.6 Å². The SMILES string of the molecule is Cc1cc(C(C(=O)Nc2ccc3c(c2)CCC3)N2CC3(CO)CN(C(=O)c4cc(F)[nH]n4)CC3(C(F)(F)F)C2)on1. The van der Waals surface area contributed by atoms with Crippen LogP contribution in [0.15, 0.2) is 34.9 Å². The molecule has 0 spiro atoms. The van der Waals surface area contributed by atoms with E-state index in [0.29, 0.717) is 11.4 Å². The van der Waals surface area contributed by atoms with Crippen molar-refractivity contribution in [2.45, 2.75) is 38.4 Å². The van der Waals surface area contributed by atoms with E-state index in [1.165, 1.54) is 16.5 Å². The van der Waals surface area contributed by atoms with Crippen molar-refractivity contribution < 1.29 is 36.8 Å². The predicted octanol–water partition coefficient (Wildman–Crippen LogP) is 3.01. The number of fused-ring (bicyclic) bond motifs is 2. The van der Waals surface area contributed by atoms with Crippen LogP contribution >= 0.6 is 0 Å². The molecular formula is C27H28F4N6O4. The Labute approximate surface area is 231 Å². The number of H-pyrrole nitrogens is 1. The standard InChI is InChI=1S/C27H28F4N6O4/c1-15-7-20(41-35-15)22(23(39)32-18-6-5-16-3-2-4-17(16)8-18)36-10-25(14-38)11-37(13-26(25,12-36)27(29,30)31)24(40)19-9-21(28)34-33-19/h5-9,22,38H,2-4,10-14H2,1H3,(H,32,39)(H,33,34). The van der Waals surface area contributed by atoms with Gasteiger partial charge in [-0.3, -0.25) is 19.6 Å². The number of aromatic nitrogens is 3. The Kier molecular flexibility index (Phi) is 6.45. The summed E-state index contributed by atoms with van der Waals surface area (Å²) in [5, 5.41) is 22.7. The van der Waals surface area contributed by atoms with Crippen LogP contribution in [0.1, 0.15) is 45.5 Å². The maximum Gasteiger partial charge on any atom is 0.398 e. The van der Waals surface area contributed by atoms with Gasteiger partial charge >= 0.3 is 6.18 Å². The number of amides is 2. The number of hydrogen-bond acceptors (Lipinski definition) is 7. The maximum atomic E-state index is 15.0. The van der Waals surface area contributed by atoms with Crippen molar-refractivity contribution in [2.75, 3.05) is 38.1 Å². The molecule has 2 aromatic heterocycles. The number of carbonyl (C=O) groups excluding carboxylic acids is 2. The number of rotatable bonds is 6. The number of aromatic amines is 1. The molecule has 2 saturated heterocycles. The smallest absolute Gasteiger partial charge is 0.396 e. The van der Waals surface area contributed by atoms with Gasteiger partial charge in [0.2, 0.25) is 11.9 Å².